The van der Waals surface area contributed by atoms with E-state index < -0.39 is 26.3 Å². The first kappa shape index (κ1) is 14.2. The quantitative estimate of drug-likeness (QED) is 0.808. The van der Waals surface area contributed by atoms with Crippen LogP contribution in [0.5, 0.6) is 0 Å². The highest BCUT2D eigenvalue weighted by atomic mass is 32.2. The van der Waals surface area contributed by atoms with E-state index in [-0.39, 0.29) is 18.8 Å². The number of nitrogen functional groups attached to an aromatic ring is 1. The molecule has 5 nitrogen and oxygen atoms in total. The van der Waals surface area contributed by atoms with E-state index in [1.165, 1.54) is 6.07 Å². The Morgan fingerprint density at radius 1 is 1.47 bits per heavy atom. The standard InChI is InChI=1S/C12H17FN2O3S/c1-2-5-12(16)7-15(8-12)19(17,18)11-6-9(14)3-4-10(11)13/h3-4,6,16H,2,5,7-8,14H2,1H3. The van der Waals surface area contributed by atoms with E-state index >= 15 is 0 Å². The van der Waals surface area contributed by atoms with Crippen LogP contribution in [0.15, 0.2) is 23.1 Å². The number of hydrogen-bond acceptors (Lipinski definition) is 4. The largest absolute Gasteiger partial charge is 0.399 e. The molecule has 106 valence electrons. The van der Waals surface area contributed by atoms with Crippen LogP contribution in [-0.4, -0.2) is 36.5 Å². The third-order valence-corrected chi connectivity index (χ3v) is 5.04. The SMILES string of the molecule is CCCC1(O)CN(S(=O)(=O)c2cc(N)ccc2F)C1. The van der Waals surface area contributed by atoms with Crippen LogP contribution >= 0.6 is 0 Å². The fraction of sp³-hybridized carbons (Fsp3) is 0.500. The Morgan fingerprint density at radius 3 is 2.68 bits per heavy atom. The summed E-state index contributed by atoms with van der Waals surface area (Å²) in [6.45, 7) is 1.90. The molecule has 0 unspecified atom stereocenters. The van der Waals surface area contributed by atoms with E-state index in [1.54, 1.807) is 0 Å². The summed E-state index contributed by atoms with van der Waals surface area (Å²) in [5, 5.41) is 9.99. The summed E-state index contributed by atoms with van der Waals surface area (Å²) in [4.78, 5) is -0.439. The summed E-state index contributed by atoms with van der Waals surface area (Å²) in [5.41, 5.74) is 4.68. The Morgan fingerprint density at radius 2 is 2.11 bits per heavy atom. The summed E-state index contributed by atoms with van der Waals surface area (Å²) in [7, 11) is -3.93. The van der Waals surface area contributed by atoms with Gasteiger partial charge in [0, 0.05) is 18.8 Å². The fourth-order valence-electron chi connectivity index (χ4n) is 2.26. The minimum atomic E-state index is -3.93. The van der Waals surface area contributed by atoms with Crippen molar-refractivity contribution in [3.8, 4) is 0 Å². The summed E-state index contributed by atoms with van der Waals surface area (Å²) < 4.78 is 39.1. The van der Waals surface area contributed by atoms with Crippen molar-refractivity contribution in [2.75, 3.05) is 18.8 Å². The second-order valence-corrected chi connectivity index (χ2v) is 6.84. The molecule has 19 heavy (non-hydrogen) atoms. The molecule has 1 aromatic carbocycles. The maximum atomic E-state index is 13.6. The van der Waals surface area contributed by atoms with E-state index in [1.807, 2.05) is 6.92 Å². The van der Waals surface area contributed by atoms with Crippen LogP contribution in [0.4, 0.5) is 10.1 Å². The van der Waals surface area contributed by atoms with Crippen LogP contribution in [0.25, 0.3) is 0 Å². The number of aliphatic hydroxyl groups is 1. The first-order chi connectivity index (χ1) is 8.78. The molecule has 0 spiro atoms. The number of nitrogens with two attached hydrogens (primary N) is 1. The van der Waals surface area contributed by atoms with Gasteiger partial charge in [-0.05, 0) is 24.6 Å². The lowest BCUT2D eigenvalue weighted by molar-refractivity contribution is -0.0653. The van der Waals surface area contributed by atoms with Crippen LogP contribution in [0.2, 0.25) is 0 Å². The van der Waals surface area contributed by atoms with Crippen LogP contribution in [0, 0.1) is 5.82 Å². The molecule has 0 aliphatic carbocycles. The third-order valence-electron chi connectivity index (χ3n) is 3.23. The molecule has 1 aromatic rings. The highest BCUT2D eigenvalue weighted by Crippen LogP contribution is 2.32. The Hall–Kier alpha value is -1.18. The van der Waals surface area contributed by atoms with Crippen molar-refractivity contribution in [3.63, 3.8) is 0 Å². The van der Waals surface area contributed by atoms with Gasteiger partial charge < -0.3 is 10.8 Å². The molecule has 0 atom stereocenters. The number of rotatable bonds is 4. The molecule has 2 rings (SSSR count). The zero-order chi connectivity index (χ0) is 14.3. The van der Waals surface area contributed by atoms with E-state index in [2.05, 4.69) is 0 Å². The van der Waals surface area contributed by atoms with Crippen molar-refractivity contribution < 1.29 is 17.9 Å². The highest BCUT2D eigenvalue weighted by molar-refractivity contribution is 7.89. The summed E-state index contributed by atoms with van der Waals surface area (Å²) in [5.74, 6) is -0.833. The highest BCUT2D eigenvalue weighted by Gasteiger charge is 2.47. The molecule has 1 saturated heterocycles. The van der Waals surface area contributed by atoms with Crippen molar-refractivity contribution in [3.05, 3.63) is 24.0 Å². The van der Waals surface area contributed by atoms with Crippen LogP contribution in [0.3, 0.4) is 0 Å². The molecule has 0 radical (unpaired) electrons. The molecule has 1 fully saturated rings. The lowest BCUT2D eigenvalue weighted by Crippen LogP contribution is -2.63. The van der Waals surface area contributed by atoms with Gasteiger partial charge in [-0.3, -0.25) is 0 Å². The molecule has 7 heteroatoms. The van der Waals surface area contributed by atoms with Gasteiger partial charge >= 0.3 is 0 Å². The summed E-state index contributed by atoms with van der Waals surface area (Å²) in [6.07, 6.45) is 1.29. The topological polar surface area (TPSA) is 83.6 Å². The normalized spacial score (nSPS) is 19.1. The van der Waals surface area contributed by atoms with Crippen LogP contribution < -0.4 is 5.73 Å². The van der Waals surface area contributed by atoms with Gasteiger partial charge in [0.1, 0.15) is 10.7 Å². The molecule has 1 aliphatic rings. The van der Waals surface area contributed by atoms with Gasteiger partial charge in [-0.1, -0.05) is 13.3 Å². The number of sulfonamides is 1. The van der Waals surface area contributed by atoms with Crippen LogP contribution in [0.1, 0.15) is 19.8 Å². The smallest absolute Gasteiger partial charge is 0.246 e. The third kappa shape index (κ3) is 2.58. The van der Waals surface area contributed by atoms with Crippen LogP contribution in [-0.2, 0) is 10.0 Å². The van der Waals surface area contributed by atoms with Crippen molar-refractivity contribution in [2.45, 2.75) is 30.3 Å². The van der Waals surface area contributed by atoms with Crippen molar-refractivity contribution in [1.29, 1.82) is 0 Å². The number of hydrogen-bond donors (Lipinski definition) is 2. The predicted octanol–water partition coefficient (Wildman–Crippen LogP) is 0.943. The van der Waals surface area contributed by atoms with Gasteiger partial charge in [-0.2, -0.15) is 4.31 Å². The first-order valence-corrected chi connectivity index (χ1v) is 7.50. The molecule has 0 aromatic heterocycles. The van der Waals surface area contributed by atoms with Crippen molar-refractivity contribution >= 4 is 15.7 Å². The number of β-amino-alcohol motifs (C(OH)–C–C–N with tert-alkyl or cyclic N) is 1. The number of halogens is 1. The van der Waals surface area contributed by atoms with Gasteiger partial charge in [-0.15, -0.1) is 0 Å². The second kappa shape index (κ2) is 4.73. The number of benzene rings is 1. The molecule has 1 heterocycles. The molecular weight excluding hydrogens is 271 g/mol. The first-order valence-electron chi connectivity index (χ1n) is 6.06. The van der Waals surface area contributed by atoms with E-state index in [0.717, 1.165) is 22.9 Å². The maximum absolute atomic E-state index is 13.6. The molecular formula is C12H17FN2O3S. The molecule has 1 aliphatic heterocycles. The number of anilines is 1. The zero-order valence-electron chi connectivity index (χ0n) is 10.6. The minimum absolute atomic E-state index is 0.00257. The second-order valence-electron chi connectivity index (χ2n) is 4.94. The van der Waals surface area contributed by atoms with E-state index in [9.17, 15) is 17.9 Å². The van der Waals surface area contributed by atoms with E-state index in [4.69, 9.17) is 5.73 Å². The Bertz CT molecular complexity index is 583. The van der Waals surface area contributed by atoms with Crippen molar-refractivity contribution in [1.82, 2.24) is 4.31 Å². The fourth-order valence-corrected chi connectivity index (χ4v) is 3.96. The Kier molecular flexibility index (Phi) is 3.55. The molecule has 0 saturated carbocycles. The van der Waals surface area contributed by atoms with Gasteiger partial charge in [0.15, 0.2) is 0 Å². The van der Waals surface area contributed by atoms with Gasteiger partial charge in [0.05, 0.1) is 5.60 Å². The van der Waals surface area contributed by atoms with Gasteiger partial charge in [0.2, 0.25) is 10.0 Å². The summed E-state index contributed by atoms with van der Waals surface area (Å²) in [6, 6.07) is 3.43. The zero-order valence-corrected chi connectivity index (χ0v) is 11.5. The summed E-state index contributed by atoms with van der Waals surface area (Å²) >= 11 is 0. The molecule has 0 bridgehead atoms. The monoisotopic (exact) mass is 288 g/mol. The molecule has 0 amide bonds. The lowest BCUT2D eigenvalue weighted by atomic mass is 9.92. The van der Waals surface area contributed by atoms with Gasteiger partial charge in [-0.25, -0.2) is 12.8 Å². The lowest BCUT2D eigenvalue weighted by Gasteiger charge is -2.45. The maximum Gasteiger partial charge on any atom is 0.246 e. The Labute approximate surface area is 111 Å². The van der Waals surface area contributed by atoms with Crippen molar-refractivity contribution in [2.24, 2.45) is 0 Å². The molecule has 3 N–H and O–H groups in total. The average Bonchev–Trinajstić information content (AvgIpc) is 2.29. The average molecular weight is 288 g/mol. The Balaban J connectivity index is 2.24. The van der Waals surface area contributed by atoms with E-state index in [0.29, 0.717) is 6.42 Å². The van der Waals surface area contributed by atoms with Gasteiger partial charge in [0.25, 0.3) is 0 Å². The minimum Gasteiger partial charge on any atom is -0.399 e. The number of nitrogens with zero attached hydrogens (tertiary/aromatic N) is 1. The predicted molar refractivity (Wildman–Crippen MR) is 69.4 cm³/mol.